The van der Waals surface area contributed by atoms with Crippen molar-refractivity contribution in [3.63, 3.8) is 0 Å². The number of likely N-dealkylation sites (tertiary alicyclic amines) is 1. The van der Waals surface area contributed by atoms with E-state index in [1.54, 1.807) is 6.07 Å². The normalized spacial score (nSPS) is 21.2. The summed E-state index contributed by atoms with van der Waals surface area (Å²) in [6.45, 7) is 5.68. The largest absolute Gasteiger partial charge is 0.416 e. The second-order valence-corrected chi connectivity index (χ2v) is 5.93. The minimum absolute atomic E-state index is 0.334. The average molecular weight is 301 g/mol. The third-order valence-corrected chi connectivity index (χ3v) is 4.66. The molecule has 5 heteroatoms. The Hall–Kier alpha value is -1.07. The number of hydrogen-bond donors (Lipinski definition) is 1. The van der Waals surface area contributed by atoms with E-state index in [9.17, 15) is 18.3 Å². The first-order chi connectivity index (χ1) is 9.79. The Labute approximate surface area is 123 Å². The fraction of sp³-hybridized carbons (Fsp3) is 0.625. The first kappa shape index (κ1) is 16.3. The van der Waals surface area contributed by atoms with Crippen LogP contribution in [0, 0.1) is 0 Å². The molecular formula is C16H22F3NO. The maximum atomic E-state index is 12.8. The fourth-order valence-corrected chi connectivity index (χ4v) is 3.06. The minimum Gasteiger partial charge on any atom is -0.386 e. The van der Waals surface area contributed by atoms with E-state index in [0.29, 0.717) is 12.0 Å². The van der Waals surface area contributed by atoms with Crippen LogP contribution in [0.4, 0.5) is 13.2 Å². The molecule has 2 atom stereocenters. The number of aliphatic hydroxyl groups excluding tert-OH is 1. The van der Waals surface area contributed by atoms with Crippen LogP contribution in [0.3, 0.4) is 0 Å². The van der Waals surface area contributed by atoms with Crippen molar-refractivity contribution in [2.45, 2.75) is 50.9 Å². The highest BCUT2D eigenvalue weighted by Crippen LogP contribution is 2.38. The van der Waals surface area contributed by atoms with E-state index in [-0.39, 0.29) is 0 Å². The minimum atomic E-state index is -4.38. The number of alkyl halides is 3. The predicted octanol–water partition coefficient (Wildman–Crippen LogP) is 4.00. The van der Waals surface area contributed by atoms with Gasteiger partial charge in [-0.25, -0.2) is 0 Å². The first-order valence-electron chi connectivity index (χ1n) is 7.39. The Morgan fingerprint density at radius 2 is 1.86 bits per heavy atom. The summed E-state index contributed by atoms with van der Waals surface area (Å²) in [5, 5.41) is 10.7. The molecular weight excluding hydrogens is 279 g/mol. The molecule has 1 aromatic carbocycles. The van der Waals surface area contributed by atoms with Crippen molar-refractivity contribution < 1.29 is 18.3 Å². The second-order valence-electron chi connectivity index (χ2n) is 5.93. The van der Waals surface area contributed by atoms with Gasteiger partial charge in [-0.1, -0.05) is 19.1 Å². The summed E-state index contributed by atoms with van der Waals surface area (Å²) in [7, 11) is 0. The lowest BCUT2D eigenvalue weighted by molar-refractivity contribution is -0.137. The fourth-order valence-electron chi connectivity index (χ4n) is 3.06. The zero-order chi connectivity index (χ0) is 15.7. The zero-order valence-electron chi connectivity index (χ0n) is 12.5. The van der Waals surface area contributed by atoms with Crippen LogP contribution in [0.5, 0.6) is 0 Å². The Bertz CT molecular complexity index is 483. The maximum absolute atomic E-state index is 12.8. The lowest BCUT2D eigenvalue weighted by atomic mass is 9.85. The van der Waals surface area contributed by atoms with Crippen LogP contribution >= 0.6 is 0 Å². The summed E-state index contributed by atoms with van der Waals surface area (Å²) < 4.78 is 38.5. The van der Waals surface area contributed by atoms with Crippen molar-refractivity contribution in [3.05, 3.63) is 35.4 Å². The molecule has 1 aromatic rings. The third kappa shape index (κ3) is 3.24. The van der Waals surface area contributed by atoms with Gasteiger partial charge in [0.1, 0.15) is 0 Å². The molecule has 1 aliphatic rings. The van der Waals surface area contributed by atoms with Gasteiger partial charge in [-0.2, -0.15) is 13.2 Å². The van der Waals surface area contributed by atoms with Crippen LogP contribution < -0.4 is 0 Å². The van der Waals surface area contributed by atoms with E-state index in [1.807, 2.05) is 13.8 Å². The molecule has 0 saturated carbocycles. The highest BCUT2D eigenvalue weighted by molar-refractivity contribution is 5.29. The Morgan fingerprint density at radius 3 is 2.38 bits per heavy atom. The van der Waals surface area contributed by atoms with Gasteiger partial charge in [-0.3, -0.25) is 4.90 Å². The van der Waals surface area contributed by atoms with Crippen LogP contribution in [0.2, 0.25) is 0 Å². The number of benzene rings is 1. The molecule has 0 aromatic heterocycles. The highest BCUT2D eigenvalue weighted by Gasteiger charge is 2.40. The molecule has 0 spiro atoms. The second kappa shape index (κ2) is 5.97. The summed E-state index contributed by atoms with van der Waals surface area (Å²) in [4.78, 5) is 2.19. The summed E-state index contributed by atoms with van der Waals surface area (Å²) in [5.41, 5.74) is -0.902. The summed E-state index contributed by atoms with van der Waals surface area (Å²) in [6, 6.07) is 5.04. The third-order valence-electron chi connectivity index (χ3n) is 4.66. The van der Waals surface area contributed by atoms with Crippen molar-refractivity contribution in [1.82, 2.24) is 4.90 Å². The van der Waals surface area contributed by atoms with Gasteiger partial charge in [0.2, 0.25) is 0 Å². The molecule has 21 heavy (non-hydrogen) atoms. The van der Waals surface area contributed by atoms with Crippen LogP contribution in [-0.4, -0.2) is 28.6 Å². The van der Waals surface area contributed by atoms with Crippen molar-refractivity contribution in [2.75, 3.05) is 13.1 Å². The van der Waals surface area contributed by atoms with Gasteiger partial charge in [0.25, 0.3) is 0 Å². The van der Waals surface area contributed by atoms with E-state index in [0.717, 1.165) is 38.1 Å². The standard InChI is InChI=1S/C16H22F3NO/c1-3-15(2,20-9-4-5-10-20)14(21)12-7-6-8-13(11-12)16(17,18)19/h6-8,11,14,21H,3-5,9-10H2,1-2H3. The van der Waals surface area contributed by atoms with Gasteiger partial charge >= 0.3 is 6.18 Å². The van der Waals surface area contributed by atoms with E-state index in [4.69, 9.17) is 0 Å². The SMILES string of the molecule is CCC(C)(C(O)c1cccc(C(F)(F)F)c1)N1CCCC1. The lowest BCUT2D eigenvalue weighted by Gasteiger charge is -2.42. The lowest BCUT2D eigenvalue weighted by Crippen LogP contribution is -2.49. The van der Waals surface area contributed by atoms with Crippen molar-refractivity contribution in [1.29, 1.82) is 0 Å². The summed E-state index contributed by atoms with van der Waals surface area (Å²) in [5.74, 6) is 0. The topological polar surface area (TPSA) is 23.5 Å². The number of aliphatic hydroxyl groups is 1. The van der Waals surface area contributed by atoms with Gasteiger partial charge in [0, 0.05) is 5.54 Å². The van der Waals surface area contributed by atoms with Gasteiger partial charge < -0.3 is 5.11 Å². The van der Waals surface area contributed by atoms with Gasteiger partial charge in [0.05, 0.1) is 11.7 Å². The molecule has 1 N–H and O–H groups in total. The zero-order valence-corrected chi connectivity index (χ0v) is 12.5. The van der Waals surface area contributed by atoms with Gasteiger partial charge in [-0.15, -0.1) is 0 Å². The molecule has 1 heterocycles. The van der Waals surface area contributed by atoms with Gasteiger partial charge in [-0.05, 0) is 57.0 Å². The number of nitrogens with zero attached hydrogens (tertiary/aromatic N) is 1. The molecule has 0 aliphatic carbocycles. The molecule has 2 unspecified atom stereocenters. The molecule has 0 amide bonds. The predicted molar refractivity (Wildman–Crippen MR) is 75.9 cm³/mol. The number of halogens is 3. The number of rotatable bonds is 4. The smallest absolute Gasteiger partial charge is 0.386 e. The Kier molecular flexibility index (Phi) is 4.63. The van der Waals surface area contributed by atoms with E-state index >= 15 is 0 Å². The maximum Gasteiger partial charge on any atom is 0.416 e. The van der Waals surface area contributed by atoms with Crippen LogP contribution in [0.15, 0.2) is 24.3 Å². The van der Waals surface area contributed by atoms with Crippen molar-refractivity contribution in [2.24, 2.45) is 0 Å². The van der Waals surface area contributed by atoms with Crippen LogP contribution in [-0.2, 0) is 6.18 Å². The van der Waals surface area contributed by atoms with Gasteiger partial charge in [0.15, 0.2) is 0 Å². The summed E-state index contributed by atoms with van der Waals surface area (Å²) in [6.07, 6.45) is -2.48. The quantitative estimate of drug-likeness (QED) is 0.908. The molecule has 1 aliphatic heterocycles. The molecule has 0 bridgehead atoms. The molecule has 1 fully saturated rings. The van der Waals surface area contributed by atoms with E-state index in [2.05, 4.69) is 4.90 Å². The highest BCUT2D eigenvalue weighted by atomic mass is 19.4. The Morgan fingerprint density at radius 1 is 1.24 bits per heavy atom. The molecule has 118 valence electrons. The molecule has 1 saturated heterocycles. The molecule has 0 radical (unpaired) electrons. The molecule has 2 nitrogen and oxygen atoms in total. The van der Waals surface area contributed by atoms with E-state index in [1.165, 1.54) is 6.07 Å². The van der Waals surface area contributed by atoms with Crippen LogP contribution in [0.25, 0.3) is 0 Å². The first-order valence-corrected chi connectivity index (χ1v) is 7.39. The van der Waals surface area contributed by atoms with E-state index < -0.39 is 23.4 Å². The Balaban J connectivity index is 2.31. The molecule has 2 rings (SSSR count). The van der Waals surface area contributed by atoms with Crippen molar-refractivity contribution >= 4 is 0 Å². The number of hydrogen-bond acceptors (Lipinski definition) is 2. The average Bonchev–Trinajstić information content (AvgIpc) is 2.99. The summed E-state index contributed by atoms with van der Waals surface area (Å²) >= 11 is 0. The monoisotopic (exact) mass is 301 g/mol. The van der Waals surface area contributed by atoms with Crippen molar-refractivity contribution in [3.8, 4) is 0 Å². The van der Waals surface area contributed by atoms with Crippen LogP contribution in [0.1, 0.15) is 50.3 Å².